The molecule has 0 spiro atoms. The van der Waals surface area contributed by atoms with Gasteiger partial charge in [0.2, 0.25) is 0 Å². The predicted octanol–water partition coefficient (Wildman–Crippen LogP) is 6.06. The fourth-order valence-corrected chi connectivity index (χ4v) is 10.5. The number of anilines is 2. The third kappa shape index (κ3) is 6.92. The molecule has 0 aliphatic carbocycles. The fraction of sp³-hybridized carbons (Fsp3) is 0.424. The Morgan fingerprint density at radius 1 is 0.974 bits per heavy atom. The summed E-state index contributed by atoms with van der Waals surface area (Å²) < 4.78 is 7.14. The van der Waals surface area contributed by atoms with Crippen molar-refractivity contribution in [2.45, 2.75) is 58.4 Å². The Morgan fingerprint density at radius 2 is 1.56 bits per heavy atom. The lowest BCUT2D eigenvalue weighted by molar-refractivity contribution is -0.136. The summed E-state index contributed by atoms with van der Waals surface area (Å²) in [5.74, 6) is -0.117. The van der Waals surface area contributed by atoms with Gasteiger partial charge >= 0.3 is 5.97 Å². The van der Waals surface area contributed by atoms with Gasteiger partial charge in [0.1, 0.15) is 0 Å². The van der Waals surface area contributed by atoms with E-state index in [1.165, 1.54) is 28.9 Å². The minimum absolute atomic E-state index is 0.00553. The molecule has 3 aromatic carbocycles. The Morgan fingerprint density at radius 3 is 2.08 bits per heavy atom. The molecule has 39 heavy (non-hydrogen) atoms. The third-order valence-electron chi connectivity index (χ3n) is 8.11. The van der Waals surface area contributed by atoms with Gasteiger partial charge in [0.05, 0.1) is 6.42 Å². The molecule has 5 nitrogen and oxygen atoms in total. The van der Waals surface area contributed by atoms with E-state index in [9.17, 15) is 4.79 Å². The lowest BCUT2D eigenvalue weighted by Crippen LogP contribution is -2.66. The number of nitrogens with zero attached hydrogens (tertiary/aromatic N) is 1. The second-order valence-electron chi connectivity index (χ2n) is 11.8. The van der Waals surface area contributed by atoms with Crippen LogP contribution >= 0.6 is 0 Å². The van der Waals surface area contributed by atoms with Gasteiger partial charge in [-0.3, -0.25) is 4.79 Å². The van der Waals surface area contributed by atoms with Crippen molar-refractivity contribution < 1.29 is 14.3 Å². The topological polar surface area (TPSA) is 61.8 Å². The molecule has 1 heterocycles. The smallest absolute Gasteiger partial charge is 0.305 e. The Kier molecular flexibility index (Phi) is 9.52. The van der Waals surface area contributed by atoms with Crippen LogP contribution in [0.4, 0.5) is 11.4 Å². The number of hydrogen-bond donors (Lipinski definition) is 2. The number of piperidine rings is 1. The van der Waals surface area contributed by atoms with Crippen molar-refractivity contribution in [1.82, 2.24) is 0 Å². The van der Waals surface area contributed by atoms with Gasteiger partial charge in [-0.2, -0.15) is 0 Å². The quantitative estimate of drug-likeness (QED) is 0.287. The summed E-state index contributed by atoms with van der Waals surface area (Å²) in [5, 5.41) is 14.8. The number of aliphatic carboxylic acids is 1. The van der Waals surface area contributed by atoms with Gasteiger partial charge < -0.3 is 19.7 Å². The van der Waals surface area contributed by atoms with Crippen LogP contribution in [-0.4, -0.2) is 45.6 Å². The Hall–Kier alpha value is -3.09. The minimum Gasteiger partial charge on any atom is -0.481 e. The largest absolute Gasteiger partial charge is 0.481 e. The fourth-order valence-electron chi connectivity index (χ4n) is 5.97. The highest BCUT2D eigenvalue weighted by Gasteiger charge is 2.50. The van der Waals surface area contributed by atoms with E-state index in [1.54, 1.807) is 0 Å². The van der Waals surface area contributed by atoms with Gasteiger partial charge in [-0.15, -0.1) is 0 Å². The summed E-state index contributed by atoms with van der Waals surface area (Å²) >= 11 is 0. The molecule has 4 rings (SSSR count). The zero-order valence-corrected chi connectivity index (χ0v) is 25.0. The standard InChI is InChI=1S/C33H44N2O3Si/c1-26-25-28(15-16-31(26)34-21-17-32(36)37)35-22-18-27(19-23-35)20-24-38-39(33(2,3)4,29-11-7-5-8-12-29)30-13-9-6-10-14-30/h5-16,25,27,34H,17-24H2,1-4H3,(H,36,37). The zero-order chi connectivity index (χ0) is 27.9. The molecule has 0 amide bonds. The van der Waals surface area contributed by atoms with Crippen molar-refractivity contribution >= 4 is 36.0 Å². The van der Waals surface area contributed by atoms with Crippen LogP contribution in [0.2, 0.25) is 5.04 Å². The van der Waals surface area contributed by atoms with Gasteiger partial charge in [-0.25, -0.2) is 0 Å². The number of carboxylic acids is 1. The maximum Gasteiger partial charge on any atom is 0.305 e. The molecule has 0 unspecified atom stereocenters. The van der Waals surface area contributed by atoms with E-state index in [0.717, 1.165) is 37.4 Å². The average Bonchev–Trinajstić information content (AvgIpc) is 2.92. The summed E-state index contributed by atoms with van der Waals surface area (Å²) in [6.45, 7) is 12.4. The van der Waals surface area contributed by atoms with Crippen LogP contribution in [0.25, 0.3) is 0 Å². The van der Waals surface area contributed by atoms with Gasteiger partial charge in [0.25, 0.3) is 8.32 Å². The Balaban J connectivity index is 1.37. The summed E-state index contributed by atoms with van der Waals surface area (Å²) in [6, 6.07) is 28.3. The molecule has 0 saturated carbocycles. The molecule has 0 radical (unpaired) electrons. The second kappa shape index (κ2) is 12.8. The number of aryl methyl sites for hydroxylation is 1. The third-order valence-corrected chi connectivity index (χ3v) is 13.1. The van der Waals surface area contributed by atoms with Crippen LogP contribution in [0.15, 0.2) is 78.9 Å². The number of rotatable bonds is 11. The van der Waals surface area contributed by atoms with Crippen molar-refractivity contribution in [1.29, 1.82) is 0 Å². The Labute approximate surface area is 235 Å². The maximum absolute atomic E-state index is 10.8. The van der Waals surface area contributed by atoms with Crippen LogP contribution in [0.5, 0.6) is 0 Å². The van der Waals surface area contributed by atoms with Crippen LogP contribution < -0.4 is 20.6 Å². The van der Waals surface area contributed by atoms with Gasteiger partial charge in [0.15, 0.2) is 0 Å². The predicted molar refractivity (Wildman–Crippen MR) is 165 cm³/mol. The minimum atomic E-state index is -2.48. The highest BCUT2D eigenvalue weighted by Crippen LogP contribution is 2.37. The van der Waals surface area contributed by atoms with Crippen LogP contribution in [0.1, 0.15) is 52.0 Å². The molecular weight excluding hydrogens is 500 g/mol. The first kappa shape index (κ1) is 28.9. The maximum atomic E-state index is 10.8. The second-order valence-corrected chi connectivity index (χ2v) is 16.1. The lowest BCUT2D eigenvalue weighted by atomic mass is 9.93. The molecule has 0 atom stereocenters. The molecule has 0 bridgehead atoms. The molecule has 0 aromatic heterocycles. The van der Waals surface area contributed by atoms with E-state index in [1.807, 2.05) is 0 Å². The van der Waals surface area contributed by atoms with Gasteiger partial charge in [0, 0.05) is 37.6 Å². The van der Waals surface area contributed by atoms with Gasteiger partial charge in [-0.05, 0) is 71.3 Å². The van der Waals surface area contributed by atoms with E-state index >= 15 is 0 Å². The molecule has 208 valence electrons. The molecule has 1 fully saturated rings. The van der Waals surface area contributed by atoms with E-state index in [-0.39, 0.29) is 11.5 Å². The lowest BCUT2D eigenvalue weighted by Gasteiger charge is -2.43. The van der Waals surface area contributed by atoms with Gasteiger partial charge in [-0.1, -0.05) is 81.4 Å². The molecule has 1 aliphatic rings. The summed E-state index contributed by atoms with van der Waals surface area (Å²) in [4.78, 5) is 13.3. The van der Waals surface area contributed by atoms with Crippen molar-refractivity contribution in [2.75, 3.05) is 36.5 Å². The molecule has 6 heteroatoms. The number of hydrogen-bond acceptors (Lipinski definition) is 4. The summed E-state index contributed by atoms with van der Waals surface area (Å²) in [6.07, 6.45) is 3.54. The van der Waals surface area contributed by atoms with E-state index < -0.39 is 14.3 Å². The average molecular weight is 545 g/mol. The van der Waals surface area contributed by atoms with E-state index in [4.69, 9.17) is 9.53 Å². The number of nitrogens with one attached hydrogen (secondary N) is 1. The number of carboxylic acid groups (broad SMARTS) is 1. The highest BCUT2D eigenvalue weighted by atomic mass is 28.4. The van der Waals surface area contributed by atoms with Crippen molar-refractivity contribution in [3.8, 4) is 0 Å². The van der Waals surface area contributed by atoms with Crippen LogP contribution in [-0.2, 0) is 9.22 Å². The van der Waals surface area contributed by atoms with Crippen molar-refractivity contribution in [2.24, 2.45) is 5.92 Å². The van der Waals surface area contributed by atoms with Crippen LogP contribution in [0, 0.1) is 12.8 Å². The monoisotopic (exact) mass is 544 g/mol. The first-order valence-electron chi connectivity index (χ1n) is 14.3. The first-order valence-corrected chi connectivity index (χ1v) is 16.2. The molecule has 1 saturated heterocycles. The van der Waals surface area contributed by atoms with Crippen LogP contribution in [0.3, 0.4) is 0 Å². The first-order chi connectivity index (χ1) is 18.7. The molecule has 2 N–H and O–H groups in total. The summed E-state index contributed by atoms with van der Waals surface area (Å²) in [5.41, 5.74) is 3.41. The molecule has 3 aromatic rings. The Bertz CT molecular complexity index is 1160. The molecular formula is C33H44N2O3Si. The zero-order valence-electron chi connectivity index (χ0n) is 24.0. The summed E-state index contributed by atoms with van der Waals surface area (Å²) in [7, 11) is -2.48. The van der Waals surface area contributed by atoms with E-state index in [2.05, 4.69) is 117 Å². The number of benzene rings is 3. The highest BCUT2D eigenvalue weighted by molar-refractivity contribution is 6.99. The molecule has 1 aliphatic heterocycles. The van der Waals surface area contributed by atoms with Crippen molar-refractivity contribution in [3.63, 3.8) is 0 Å². The number of carbonyl (C=O) groups is 1. The van der Waals surface area contributed by atoms with E-state index in [0.29, 0.717) is 12.5 Å². The SMILES string of the molecule is Cc1cc(N2CCC(CCO[Si](c3ccccc3)(c3ccccc3)C(C)(C)C)CC2)ccc1NCCC(=O)O. The van der Waals surface area contributed by atoms with Crippen molar-refractivity contribution in [3.05, 3.63) is 84.4 Å². The normalized spacial score (nSPS) is 14.8.